The predicted octanol–water partition coefficient (Wildman–Crippen LogP) is 2.86. The Kier molecular flexibility index (Phi) is 3.34. The number of hydrogen-bond acceptors (Lipinski definition) is 1. The molecule has 0 radical (unpaired) electrons. The van der Waals surface area contributed by atoms with Crippen molar-refractivity contribution >= 4 is 5.78 Å². The molecule has 0 aromatic heterocycles. The van der Waals surface area contributed by atoms with Gasteiger partial charge in [0.15, 0.2) is 0 Å². The largest absolute Gasteiger partial charge is 0.300 e. The molecule has 1 aliphatic carbocycles. The lowest BCUT2D eigenvalue weighted by Crippen LogP contribution is -2.05. The van der Waals surface area contributed by atoms with Gasteiger partial charge < -0.3 is 0 Å². The molecule has 1 aliphatic rings. The van der Waals surface area contributed by atoms with Crippen molar-refractivity contribution in [3.05, 3.63) is 11.6 Å². The van der Waals surface area contributed by atoms with Gasteiger partial charge in [-0.25, -0.2) is 0 Å². The van der Waals surface area contributed by atoms with Gasteiger partial charge >= 0.3 is 0 Å². The van der Waals surface area contributed by atoms with E-state index in [-0.39, 0.29) is 0 Å². The van der Waals surface area contributed by atoms with E-state index in [4.69, 9.17) is 0 Å². The standard InChI is InChI=1S/C10H16O/c1-2-3-4-9-5-7-10(11)8-6-9/h4H,2-3,5-8H2,1H3. The van der Waals surface area contributed by atoms with Crippen LogP contribution in [0.25, 0.3) is 0 Å². The van der Waals surface area contributed by atoms with Gasteiger partial charge in [0.2, 0.25) is 0 Å². The third kappa shape index (κ3) is 2.87. The van der Waals surface area contributed by atoms with E-state index in [1.807, 2.05) is 0 Å². The van der Waals surface area contributed by atoms with E-state index >= 15 is 0 Å². The third-order valence-corrected chi connectivity index (χ3v) is 2.17. The molecule has 0 unspecified atom stereocenters. The molecule has 0 spiro atoms. The van der Waals surface area contributed by atoms with Crippen LogP contribution >= 0.6 is 0 Å². The van der Waals surface area contributed by atoms with Crippen molar-refractivity contribution < 1.29 is 4.79 Å². The molecule has 11 heavy (non-hydrogen) atoms. The lowest BCUT2D eigenvalue weighted by Gasteiger charge is -2.12. The monoisotopic (exact) mass is 152 g/mol. The number of unbranched alkanes of at least 4 members (excludes halogenated alkanes) is 1. The summed E-state index contributed by atoms with van der Waals surface area (Å²) in [6.07, 6.45) is 8.34. The number of carbonyl (C=O) groups is 1. The first-order chi connectivity index (χ1) is 5.33. The van der Waals surface area contributed by atoms with Crippen LogP contribution in [0.2, 0.25) is 0 Å². The second-order valence-corrected chi connectivity index (χ2v) is 3.19. The summed E-state index contributed by atoms with van der Waals surface area (Å²) >= 11 is 0. The Labute approximate surface area is 68.5 Å². The SMILES string of the molecule is CCCC=C1CCC(=O)CC1. The molecule has 0 N–H and O–H groups in total. The maximum atomic E-state index is 10.9. The zero-order valence-electron chi connectivity index (χ0n) is 7.23. The Bertz CT molecular complexity index is 156. The average Bonchev–Trinajstić information content (AvgIpc) is 2.04. The van der Waals surface area contributed by atoms with E-state index in [0.717, 1.165) is 25.7 Å². The van der Waals surface area contributed by atoms with Crippen LogP contribution in [0.5, 0.6) is 0 Å². The first kappa shape index (κ1) is 8.51. The van der Waals surface area contributed by atoms with Crippen molar-refractivity contribution in [3.8, 4) is 0 Å². The molecule has 0 heterocycles. The van der Waals surface area contributed by atoms with Gasteiger partial charge in [-0.05, 0) is 19.3 Å². The Morgan fingerprint density at radius 3 is 2.45 bits per heavy atom. The Morgan fingerprint density at radius 1 is 1.27 bits per heavy atom. The molecule has 62 valence electrons. The molecular weight excluding hydrogens is 136 g/mol. The van der Waals surface area contributed by atoms with Crippen LogP contribution in [0.15, 0.2) is 11.6 Å². The highest BCUT2D eigenvalue weighted by molar-refractivity contribution is 5.80. The van der Waals surface area contributed by atoms with E-state index in [1.54, 1.807) is 0 Å². The van der Waals surface area contributed by atoms with E-state index in [9.17, 15) is 4.79 Å². The highest BCUT2D eigenvalue weighted by Crippen LogP contribution is 2.20. The molecule has 0 bridgehead atoms. The Balaban J connectivity index is 2.32. The highest BCUT2D eigenvalue weighted by atomic mass is 16.1. The van der Waals surface area contributed by atoms with Gasteiger partial charge in [0.05, 0.1) is 0 Å². The summed E-state index contributed by atoms with van der Waals surface area (Å²) in [4.78, 5) is 10.9. The maximum absolute atomic E-state index is 10.9. The van der Waals surface area contributed by atoms with Crippen LogP contribution in [0.1, 0.15) is 45.4 Å². The first-order valence-corrected chi connectivity index (χ1v) is 4.52. The summed E-state index contributed by atoms with van der Waals surface area (Å²) in [5.74, 6) is 0.443. The number of rotatable bonds is 2. The lowest BCUT2D eigenvalue weighted by molar-refractivity contribution is -0.119. The zero-order valence-corrected chi connectivity index (χ0v) is 7.23. The minimum Gasteiger partial charge on any atom is -0.300 e. The van der Waals surface area contributed by atoms with Crippen molar-refractivity contribution in [3.63, 3.8) is 0 Å². The maximum Gasteiger partial charge on any atom is 0.133 e. The highest BCUT2D eigenvalue weighted by Gasteiger charge is 2.11. The second-order valence-electron chi connectivity index (χ2n) is 3.19. The van der Waals surface area contributed by atoms with Crippen LogP contribution in [0.4, 0.5) is 0 Å². The van der Waals surface area contributed by atoms with Gasteiger partial charge in [-0.3, -0.25) is 4.79 Å². The molecule has 0 saturated heterocycles. The van der Waals surface area contributed by atoms with Crippen LogP contribution in [-0.2, 0) is 4.79 Å². The minimum absolute atomic E-state index is 0.443. The number of carbonyl (C=O) groups excluding carboxylic acids is 1. The van der Waals surface area contributed by atoms with E-state index < -0.39 is 0 Å². The first-order valence-electron chi connectivity index (χ1n) is 4.52. The normalized spacial score (nSPS) is 18.6. The minimum atomic E-state index is 0.443. The molecule has 0 aliphatic heterocycles. The molecule has 1 saturated carbocycles. The third-order valence-electron chi connectivity index (χ3n) is 2.17. The summed E-state index contributed by atoms with van der Waals surface area (Å²) in [6, 6.07) is 0. The van der Waals surface area contributed by atoms with E-state index in [2.05, 4.69) is 13.0 Å². The van der Waals surface area contributed by atoms with Crippen LogP contribution in [0, 0.1) is 0 Å². The molecule has 1 heteroatoms. The van der Waals surface area contributed by atoms with Gasteiger partial charge in [0.1, 0.15) is 5.78 Å². The summed E-state index contributed by atoms with van der Waals surface area (Å²) in [5, 5.41) is 0. The quantitative estimate of drug-likeness (QED) is 0.556. The number of allylic oxidation sites excluding steroid dienone is 2. The summed E-state index contributed by atoms with van der Waals surface area (Å²) in [5.41, 5.74) is 1.51. The smallest absolute Gasteiger partial charge is 0.133 e. The molecule has 1 fully saturated rings. The molecule has 1 rings (SSSR count). The molecule has 0 atom stereocenters. The van der Waals surface area contributed by atoms with E-state index in [0.29, 0.717) is 5.78 Å². The second kappa shape index (κ2) is 4.32. The molecule has 1 nitrogen and oxygen atoms in total. The lowest BCUT2D eigenvalue weighted by atomic mass is 9.93. The van der Waals surface area contributed by atoms with Crippen molar-refractivity contribution in [1.29, 1.82) is 0 Å². The van der Waals surface area contributed by atoms with Crippen molar-refractivity contribution in [2.24, 2.45) is 0 Å². The predicted molar refractivity (Wildman–Crippen MR) is 46.5 cm³/mol. The van der Waals surface area contributed by atoms with Crippen molar-refractivity contribution in [1.82, 2.24) is 0 Å². The average molecular weight is 152 g/mol. The zero-order chi connectivity index (χ0) is 8.10. The summed E-state index contributed by atoms with van der Waals surface area (Å²) < 4.78 is 0. The van der Waals surface area contributed by atoms with Crippen LogP contribution in [-0.4, -0.2) is 5.78 Å². The Morgan fingerprint density at radius 2 is 1.91 bits per heavy atom. The summed E-state index contributed by atoms with van der Waals surface area (Å²) in [6.45, 7) is 2.19. The Hall–Kier alpha value is -0.590. The van der Waals surface area contributed by atoms with Gasteiger partial charge in [-0.1, -0.05) is 25.0 Å². The van der Waals surface area contributed by atoms with Gasteiger partial charge in [-0.15, -0.1) is 0 Å². The molecular formula is C10H16O. The van der Waals surface area contributed by atoms with Gasteiger partial charge in [0, 0.05) is 12.8 Å². The fourth-order valence-electron chi connectivity index (χ4n) is 1.40. The van der Waals surface area contributed by atoms with Gasteiger partial charge in [-0.2, -0.15) is 0 Å². The number of Topliss-reactive ketones (excluding diaryl/α,β-unsaturated/α-hetero) is 1. The summed E-state index contributed by atoms with van der Waals surface area (Å²) in [7, 11) is 0. The van der Waals surface area contributed by atoms with Gasteiger partial charge in [0.25, 0.3) is 0 Å². The molecule has 0 amide bonds. The van der Waals surface area contributed by atoms with E-state index in [1.165, 1.54) is 18.4 Å². The fraction of sp³-hybridized carbons (Fsp3) is 0.700. The number of hydrogen-bond donors (Lipinski definition) is 0. The molecule has 0 aromatic carbocycles. The van der Waals surface area contributed by atoms with Crippen LogP contribution in [0.3, 0.4) is 0 Å². The van der Waals surface area contributed by atoms with Crippen molar-refractivity contribution in [2.45, 2.75) is 45.4 Å². The van der Waals surface area contributed by atoms with Crippen LogP contribution < -0.4 is 0 Å². The van der Waals surface area contributed by atoms with Crippen molar-refractivity contribution in [2.75, 3.05) is 0 Å². The molecule has 0 aromatic rings. The topological polar surface area (TPSA) is 17.1 Å². The number of ketones is 1. The fourth-order valence-corrected chi connectivity index (χ4v) is 1.40.